The molecule has 1 amide bonds. The lowest BCUT2D eigenvalue weighted by Crippen LogP contribution is -2.36. The van der Waals surface area contributed by atoms with Crippen LogP contribution in [0.15, 0.2) is 0 Å². The highest BCUT2D eigenvalue weighted by molar-refractivity contribution is 5.98. The van der Waals surface area contributed by atoms with E-state index in [0.717, 1.165) is 12.8 Å². The fraction of sp³-hybridized carbons (Fsp3) is 0.636. The summed E-state index contributed by atoms with van der Waals surface area (Å²) >= 11 is 0. The number of nitrogens with zero attached hydrogens (tertiary/aromatic N) is 2. The molecule has 3 N–H and O–H groups in total. The molecule has 0 aliphatic heterocycles. The molecular formula is C11H18N4O. The molecule has 1 aliphatic carbocycles. The van der Waals surface area contributed by atoms with Crippen molar-refractivity contribution in [3.8, 4) is 0 Å². The highest BCUT2D eigenvalue weighted by Crippen LogP contribution is 2.34. The van der Waals surface area contributed by atoms with Gasteiger partial charge in [-0.2, -0.15) is 5.10 Å². The number of aromatic nitrogens is 2. The van der Waals surface area contributed by atoms with E-state index in [2.05, 4.69) is 10.4 Å². The second-order valence-corrected chi connectivity index (χ2v) is 4.68. The van der Waals surface area contributed by atoms with Crippen LogP contribution in [0.2, 0.25) is 0 Å². The molecule has 1 heterocycles. The van der Waals surface area contributed by atoms with Crippen molar-refractivity contribution in [2.24, 2.45) is 0 Å². The Morgan fingerprint density at radius 2 is 2.25 bits per heavy atom. The zero-order valence-electron chi connectivity index (χ0n) is 10.0. The van der Waals surface area contributed by atoms with Crippen LogP contribution < -0.4 is 11.1 Å². The summed E-state index contributed by atoms with van der Waals surface area (Å²) in [5, 5.41) is 7.23. The third-order valence-corrected chi connectivity index (χ3v) is 3.10. The Morgan fingerprint density at radius 3 is 2.75 bits per heavy atom. The molecule has 1 fully saturated rings. The van der Waals surface area contributed by atoms with E-state index in [9.17, 15) is 4.79 Å². The van der Waals surface area contributed by atoms with Crippen molar-refractivity contribution < 1.29 is 4.79 Å². The van der Waals surface area contributed by atoms with Crippen molar-refractivity contribution >= 4 is 11.6 Å². The van der Waals surface area contributed by atoms with Crippen molar-refractivity contribution in [3.05, 3.63) is 11.4 Å². The summed E-state index contributed by atoms with van der Waals surface area (Å²) in [7, 11) is 0. The largest absolute Gasteiger partial charge is 0.395 e. The van der Waals surface area contributed by atoms with Crippen molar-refractivity contribution in [3.63, 3.8) is 0 Å². The molecule has 5 nitrogen and oxygen atoms in total. The van der Waals surface area contributed by atoms with Gasteiger partial charge in [0.05, 0.1) is 11.4 Å². The van der Waals surface area contributed by atoms with Gasteiger partial charge in [0, 0.05) is 12.1 Å². The van der Waals surface area contributed by atoms with Crippen LogP contribution >= 0.6 is 0 Å². The molecule has 0 aromatic carbocycles. The summed E-state index contributed by atoms with van der Waals surface area (Å²) in [6.45, 7) is 6.46. The van der Waals surface area contributed by atoms with Crippen LogP contribution in [0.1, 0.15) is 42.9 Å². The fourth-order valence-electron chi connectivity index (χ4n) is 1.71. The van der Waals surface area contributed by atoms with Crippen LogP contribution in [0, 0.1) is 6.92 Å². The van der Waals surface area contributed by atoms with E-state index in [0.29, 0.717) is 23.6 Å². The Balaban J connectivity index is 2.27. The second-order valence-electron chi connectivity index (χ2n) is 4.68. The molecule has 0 atom stereocenters. The third-order valence-electron chi connectivity index (χ3n) is 3.10. The third kappa shape index (κ3) is 1.77. The summed E-state index contributed by atoms with van der Waals surface area (Å²) in [5.74, 6) is -0.111. The number of nitrogen functional groups attached to an aromatic ring is 1. The minimum Gasteiger partial charge on any atom is -0.395 e. The molecule has 1 aliphatic rings. The van der Waals surface area contributed by atoms with Crippen molar-refractivity contribution in [1.29, 1.82) is 0 Å². The molecule has 88 valence electrons. The Labute approximate surface area is 95.0 Å². The highest BCUT2D eigenvalue weighted by atomic mass is 16.2. The van der Waals surface area contributed by atoms with Gasteiger partial charge in [-0.15, -0.1) is 0 Å². The number of amides is 1. The molecule has 0 saturated heterocycles. The van der Waals surface area contributed by atoms with Gasteiger partial charge in [0.1, 0.15) is 5.69 Å². The van der Waals surface area contributed by atoms with E-state index < -0.39 is 0 Å². The fourth-order valence-corrected chi connectivity index (χ4v) is 1.71. The average molecular weight is 222 g/mol. The maximum Gasteiger partial charge on any atom is 0.272 e. The standard InChI is InChI=1S/C11H18N4O/c1-4-15-9(8(12)7(2)14-15)10(16)13-11(3)5-6-11/h4-6,12H2,1-3H3,(H,13,16). The molecule has 0 spiro atoms. The van der Waals surface area contributed by atoms with Crippen LogP contribution in [0.4, 0.5) is 5.69 Å². The van der Waals surface area contributed by atoms with E-state index in [-0.39, 0.29) is 11.4 Å². The van der Waals surface area contributed by atoms with E-state index >= 15 is 0 Å². The summed E-state index contributed by atoms with van der Waals surface area (Å²) in [4.78, 5) is 12.1. The summed E-state index contributed by atoms with van der Waals surface area (Å²) in [5.41, 5.74) is 7.55. The lowest BCUT2D eigenvalue weighted by atomic mass is 10.2. The number of hydrogen-bond donors (Lipinski definition) is 2. The Bertz CT molecular complexity index is 431. The van der Waals surface area contributed by atoms with Crippen molar-refractivity contribution in [1.82, 2.24) is 15.1 Å². The SMILES string of the molecule is CCn1nc(C)c(N)c1C(=O)NC1(C)CC1. The minimum absolute atomic E-state index is 0.0275. The van der Waals surface area contributed by atoms with Gasteiger partial charge >= 0.3 is 0 Å². The first-order chi connectivity index (χ1) is 7.47. The number of carbonyl (C=O) groups excluding carboxylic acids is 1. The number of aryl methyl sites for hydroxylation is 2. The van der Waals surface area contributed by atoms with Crippen LogP contribution in [0.25, 0.3) is 0 Å². The highest BCUT2D eigenvalue weighted by Gasteiger charge is 2.39. The average Bonchev–Trinajstić information content (AvgIpc) is 2.85. The zero-order valence-corrected chi connectivity index (χ0v) is 10.0. The lowest BCUT2D eigenvalue weighted by Gasteiger charge is -2.12. The van der Waals surface area contributed by atoms with E-state index in [1.807, 2.05) is 20.8 Å². The smallest absolute Gasteiger partial charge is 0.272 e. The molecule has 0 radical (unpaired) electrons. The second kappa shape index (κ2) is 3.50. The maximum atomic E-state index is 12.1. The molecule has 5 heteroatoms. The maximum absolute atomic E-state index is 12.1. The lowest BCUT2D eigenvalue weighted by molar-refractivity contribution is 0.0925. The number of nitrogens with two attached hydrogens (primary N) is 1. The van der Waals surface area contributed by atoms with Gasteiger partial charge in [-0.05, 0) is 33.6 Å². The number of anilines is 1. The monoisotopic (exact) mass is 222 g/mol. The number of carbonyl (C=O) groups is 1. The van der Waals surface area contributed by atoms with Crippen LogP contribution in [-0.2, 0) is 6.54 Å². The number of rotatable bonds is 3. The van der Waals surface area contributed by atoms with Gasteiger partial charge in [0.25, 0.3) is 5.91 Å². The summed E-state index contributed by atoms with van der Waals surface area (Å²) < 4.78 is 1.66. The van der Waals surface area contributed by atoms with Gasteiger partial charge in [-0.25, -0.2) is 0 Å². The zero-order chi connectivity index (χ0) is 11.9. The van der Waals surface area contributed by atoms with E-state index in [1.54, 1.807) is 4.68 Å². The molecule has 1 aromatic rings. The first-order valence-corrected chi connectivity index (χ1v) is 5.62. The predicted octanol–water partition coefficient (Wildman–Crippen LogP) is 1.08. The van der Waals surface area contributed by atoms with Crippen LogP contribution in [0.3, 0.4) is 0 Å². The normalized spacial score (nSPS) is 17.2. The van der Waals surface area contributed by atoms with Gasteiger partial charge in [-0.3, -0.25) is 9.48 Å². The molecule has 0 bridgehead atoms. The van der Waals surface area contributed by atoms with E-state index in [4.69, 9.17) is 5.73 Å². The van der Waals surface area contributed by atoms with E-state index in [1.165, 1.54) is 0 Å². The van der Waals surface area contributed by atoms with Crippen LogP contribution in [-0.4, -0.2) is 21.2 Å². The Morgan fingerprint density at radius 1 is 1.62 bits per heavy atom. The number of hydrogen-bond acceptors (Lipinski definition) is 3. The van der Waals surface area contributed by atoms with Gasteiger partial charge < -0.3 is 11.1 Å². The summed E-state index contributed by atoms with van der Waals surface area (Å²) in [6.07, 6.45) is 2.08. The van der Waals surface area contributed by atoms with Gasteiger partial charge in [0.2, 0.25) is 0 Å². The minimum atomic E-state index is -0.111. The first-order valence-electron chi connectivity index (χ1n) is 5.62. The Kier molecular flexibility index (Phi) is 2.40. The molecule has 0 unspecified atom stereocenters. The molecule has 1 aromatic heterocycles. The topological polar surface area (TPSA) is 72.9 Å². The first kappa shape index (κ1) is 11.0. The molecule has 1 saturated carbocycles. The quantitative estimate of drug-likeness (QED) is 0.803. The van der Waals surface area contributed by atoms with Gasteiger partial charge in [-0.1, -0.05) is 0 Å². The van der Waals surface area contributed by atoms with Crippen LogP contribution in [0.5, 0.6) is 0 Å². The molecular weight excluding hydrogens is 204 g/mol. The van der Waals surface area contributed by atoms with Crippen molar-refractivity contribution in [2.75, 3.05) is 5.73 Å². The Hall–Kier alpha value is -1.52. The molecule has 2 rings (SSSR count). The predicted molar refractivity (Wildman–Crippen MR) is 62.2 cm³/mol. The van der Waals surface area contributed by atoms with Gasteiger partial charge in [0.15, 0.2) is 0 Å². The summed E-state index contributed by atoms with van der Waals surface area (Å²) in [6, 6.07) is 0. The van der Waals surface area contributed by atoms with Crippen molar-refractivity contribution in [2.45, 2.75) is 45.7 Å². The molecule has 16 heavy (non-hydrogen) atoms. The number of nitrogens with one attached hydrogen (secondary N) is 1.